The van der Waals surface area contributed by atoms with E-state index in [1.807, 2.05) is 23.9 Å². The molecular formula is C22H33ClN6. The molecule has 158 valence electrons. The SMILES string of the molecule is CCNC(=NCc1c(C)nn(C)c1C)NC1CCN(Cc2ccc(Cl)cc2)CC1. The summed E-state index contributed by atoms with van der Waals surface area (Å²) >= 11 is 5.99. The lowest BCUT2D eigenvalue weighted by Crippen LogP contribution is -2.48. The Labute approximate surface area is 179 Å². The minimum Gasteiger partial charge on any atom is -0.357 e. The number of rotatable bonds is 6. The fourth-order valence-corrected chi connectivity index (χ4v) is 3.93. The monoisotopic (exact) mass is 416 g/mol. The number of hydrogen-bond acceptors (Lipinski definition) is 3. The van der Waals surface area contributed by atoms with Crippen LogP contribution in [0.2, 0.25) is 5.02 Å². The molecule has 2 N–H and O–H groups in total. The van der Waals surface area contributed by atoms with Crippen molar-refractivity contribution in [2.75, 3.05) is 19.6 Å². The van der Waals surface area contributed by atoms with Gasteiger partial charge in [0.1, 0.15) is 0 Å². The molecule has 7 heteroatoms. The molecule has 2 aromatic rings. The van der Waals surface area contributed by atoms with E-state index in [9.17, 15) is 0 Å². The third-order valence-electron chi connectivity index (χ3n) is 5.65. The molecule has 0 unspecified atom stereocenters. The third-order valence-corrected chi connectivity index (χ3v) is 5.90. The van der Waals surface area contributed by atoms with E-state index in [0.29, 0.717) is 12.6 Å². The molecule has 1 aromatic carbocycles. The fourth-order valence-electron chi connectivity index (χ4n) is 3.80. The van der Waals surface area contributed by atoms with Crippen molar-refractivity contribution in [3.63, 3.8) is 0 Å². The molecule has 0 aliphatic carbocycles. The number of benzene rings is 1. The zero-order valence-electron chi connectivity index (χ0n) is 18.0. The molecule has 3 rings (SSSR count). The quantitative estimate of drug-likeness (QED) is 0.559. The topological polar surface area (TPSA) is 57.5 Å². The Morgan fingerprint density at radius 3 is 2.48 bits per heavy atom. The summed E-state index contributed by atoms with van der Waals surface area (Å²) in [6.45, 7) is 10.9. The third kappa shape index (κ3) is 5.97. The van der Waals surface area contributed by atoms with Crippen molar-refractivity contribution in [1.82, 2.24) is 25.3 Å². The van der Waals surface area contributed by atoms with Gasteiger partial charge < -0.3 is 10.6 Å². The van der Waals surface area contributed by atoms with E-state index < -0.39 is 0 Å². The summed E-state index contributed by atoms with van der Waals surface area (Å²) in [5, 5.41) is 12.3. The maximum Gasteiger partial charge on any atom is 0.191 e. The predicted molar refractivity (Wildman–Crippen MR) is 120 cm³/mol. The Hall–Kier alpha value is -2.05. The van der Waals surface area contributed by atoms with Crippen molar-refractivity contribution in [3.8, 4) is 0 Å². The van der Waals surface area contributed by atoms with E-state index in [2.05, 4.69) is 53.5 Å². The van der Waals surface area contributed by atoms with Crippen molar-refractivity contribution >= 4 is 17.6 Å². The van der Waals surface area contributed by atoms with Crippen molar-refractivity contribution in [2.24, 2.45) is 12.0 Å². The summed E-state index contributed by atoms with van der Waals surface area (Å²) < 4.78 is 1.93. The average Bonchev–Trinajstić information content (AvgIpc) is 2.95. The normalized spacial score (nSPS) is 16.2. The maximum atomic E-state index is 5.99. The number of piperidine rings is 1. The highest BCUT2D eigenvalue weighted by Crippen LogP contribution is 2.16. The van der Waals surface area contributed by atoms with Gasteiger partial charge in [-0.15, -0.1) is 0 Å². The Morgan fingerprint density at radius 1 is 1.21 bits per heavy atom. The second kappa shape index (κ2) is 10.1. The molecule has 1 fully saturated rings. The van der Waals surface area contributed by atoms with E-state index in [0.717, 1.165) is 55.7 Å². The summed E-state index contributed by atoms with van der Waals surface area (Å²) in [6.07, 6.45) is 2.23. The number of halogens is 1. The van der Waals surface area contributed by atoms with Crippen LogP contribution in [0, 0.1) is 13.8 Å². The molecule has 0 atom stereocenters. The second-order valence-corrected chi connectivity index (χ2v) is 8.23. The molecule has 1 aromatic heterocycles. The molecule has 0 radical (unpaired) electrons. The van der Waals surface area contributed by atoms with Crippen LogP contribution in [0.1, 0.15) is 42.3 Å². The van der Waals surface area contributed by atoms with Gasteiger partial charge in [-0.1, -0.05) is 23.7 Å². The number of aliphatic imine (C=N–C) groups is 1. The van der Waals surface area contributed by atoms with Gasteiger partial charge in [-0.25, -0.2) is 4.99 Å². The summed E-state index contributed by atoms with van der Waals surface area (Å²) in [7, 11) is 1.98. The molecular weight excluding hydrogens is 384 g/mol. The number of nitrogens with one attached hydrogen (secondary N) is 2. The van der Waals surface area contributed by atoms with Crippen LogP contribution in [0.4, 0.5) is 0 Å². The first-order chi connectivity index (χ1) is 14.0. The molecule has 0 spiro atoms. The molecule has 6 nitrogen and oxygen atoms in total. The van der Waals surface area contributed by atoms with Crippen LogP contribution in [0.3, 0.4) is 0 Å². The van der Waals surface area contributed by atoms with Gasteiger partial charge in [0.2, 0.25) is 0 Å². The highest BCUT2D eigenvalue weighted by Gasteiger charge is 2.20. The lowest BCUT2D eigenvalue weighted by atomic mass is 10.0. The highest BCUT2D eigenvalue weighted by atomic mass is 35.5. The zero-order chi connectivity index (χ0) is 20.8. The van der Waals surface area contributed by atoms with Gasteiger partial charge in [0.05, 0.1) is 12.2 Å². The summed E-state index contributed by atoms with van der Waals surface area (Å²) in [4.78, 5) is 7.33. The van der Waals surface area contributed by atoms with Crippen molar-refractivity contribution in [2.45, 2.75) is 52.7 Å². The Morgan fingerprint density at radius 2 is 1.90 bits per heavy atom. The van der Waals surface area contributed by atoms with Gasteiger partial charge >= 0.3 is 0 Å². The lowest BCUT2D eigenvalue weighted by molar-refractivity contribution is 0.198. The van der Waals surface area contributed by atoms with Crippen LogP contribution in [0.5, 0.6) is 0 Å². The van der Waals surface area contributed by atoms with E-state index >= 15 is 0 Å². The number of nitrogens with zero attached hydrogens (tertiary/aromatic N) is 4. The highest BCUT2D eigenvalue weighted by molar-refractivity contribution is 6.30. The molecule has 2 heterocycles. The van der Waals surface area contributed by atoms with Crippen LogP contribution in [-0.2, 0) is 20.1 Å². The predicted octanol–water partition coefficient (Wildman–Crippen LogP) is 3.41. The van der Waals surface area contributed by atoms with Crippen LogP contribution < -0.4 is 10.6 Å². The van der Waals surface area contributed by atoms with Crippen molar-refractivity contribution in [1.29, 1.82) is 0 Å². The molecule has 0 bridgehead atoms. The minimum atomic E-state index is 0.449. The van der Waals surface area contributed by atoms with Gasteiger partial charge in [-0.2, -0.15) is 5.10 Å². The molecule has 0 saturated carbocycles. The Bertz CT molecular complexity index is 819. The first kappa shape index (κ1) is 21.7. The smallest absolute Gasteiger partial charge is 0.191 e. The van der Waals surface area contributed by atoms with E-state index in [4.69, 9.17) is 16.6 Å². The summed E-state index contributed by atoms with van der Waals surface area (Å²) in [5.41, 5.74) is 4.76. The van der Waals surface area contributed by atoms with Crippen LogP contribution in [0.25, 0.3) is 0 Å². The first-order valence-corrected chi connectivity index (χ1v) is 10.8. The van der Waals surface area contributed by atoms with E-state index in [1.165, 1.54) is 16.8 Å². The Balaban J connectivity index is 1.53. The summed E-state index contributed by atoms with van der Waals surface area (Å²) in [5.74, 6) is 0.895. The second-order valence-electron chi connectivity index (χ2n) is 7.79. The van der Waals surface area contributed by atoms with Gasteiger partial charge in [0.15, 0.2) is 5.96 Å². The number of guanidine groups is 1. The van der Waals surface area contributed by atoms with Crippen LogP contribution in [-0.4, -0.2) is 46.3 Å². The number of aryl methyl sites for hydroxylation is 2. The maximum absolute atomic E-state index is 5.99. The molecule has 1 saturated heterocycles. The molecule has 1 aliphatic rings. The summed E-state index contributed by atoms with van der Waals surface area (Å²) in [6, 6.07) is 8.62. The number of aromatic nitrogens is 2. The van der Waals surface area contributed by atoms with E-state index in [1.54, 1.807) is 0 Å². The average molecular weight is 417 g/mol. The Kier molecular flexibility index (Phi) is 7.56. The lowest BCUT2D eigenvalue weighted by Gasteiger charge is -2.33. The van der Waals surface area contributed by atoms with Crippen LogP contribution >= 0.6 is 11.6 Å². The largest absolute Gasteiger partial charge is 0.357 e. The van der Waals surface area contributed by atoms with Crippen molar-refractivity contribution in [3.05, 3.63) is 51.8 Å². The van der Waals surface area contributed by atoms with Gasteiger partial charge in [-0.05, 0) is 51.3 Å². The number of likely N-dealkylation sites (tertiary alicyclic amines) is 1. The van der Waals surface area contributed by atoms with Crippen LogP contribution in [0.15, 0.2) is 29.3 Å². The van der Waals surface area contributed by atoms with Gasteiger partial charge in [0.25, 0.3) is 0 Å². The number of hydrogen-bond donors (Lipinski definition) is 2. The standard InChI is InChI=1S/C22H33ClN6/c1-5-24-22(25-14-21-16(2)27-28(4)17(21)3)26-20-10-12-29(13-11-20)15-18-6-8-19(23)9-7-18/h6-9,20H,5,10-15H2,1-4H3,(H2,24,25,26). The zero-order valence-corrected chi connectivity index (χ0v) is 18.8. The fraction of sp³-hybridized carbons (Fsp3) is 0.545. The van der Waals surface area contributed by atoms with Crippen molar-refractivity contribution < 1.29 is 0 Å². The minimum absolute atomic E-state index is 0.449. The van der Waals surface area contributed by atoms with Gasteiger partial charge in [0, 0.05) is 55.5 Å². The molecule has 0 amide bonds. The van der Waals surface area contributed by atoms with E-state index in [-0.39, 0.29) is 0 Å². The molecule has 1 aliphatic heterocycles. The molecule has 29 heavy (non-hydrogen) atoms. The van der Waals surface area contributed by atoms with Gasteiger partial charge in [-0.3, -0.25) is 9.58 Å². The first-order valence-electron chi connectivity index (χ1n) is 10.5.